The number of phosphoric ester groups is 6. The number of hydrogen-bond acceptors (Lipinski definition) is 24. The molecule has 0 bridgehead atoms. The van der Waals surface area contributed by atoms with E-state index < -0.39 is 46.9 Å². The molecule has 0 amide bonds. The van der Waals surface area contributed by atoms with Crippen molar-refractivity contribution in [1.82, 2.24) is 0 Å². The van der Waals surface area contributed by atoms with E-state index in [0.717, 1.165) is 231 Å². The first-order valence-electron chi connectivity index (χ1n) is 46.3. The number of phosphoric acid groups is 6. The number of hydrogen-bond donors (Lipinski definition) is 0. The van der Waals surface area contributed by atoms with E-state index in [1.165, 1.54) is 154 Å². The van der Waals surface area contributed by atoms with Gasteiger partial charge < -0.3 is 83.6 Å². The van der Waals surface area contributed by atoms with Gasteiger partial charge in [0.05, 0.1) is 79.3 Å². The third-order valence-corrected chi connectivity index (χ3v) is 24.0. The molecule has 24 nitrogen and oxygen atoms in total. The fraction of sp³-hybridized carbons (Fsp3) is 1.00. The molecular formula is C84H180MoO24P6-6. The van der Waals surface area contributed by atoms with Crippen molar-refractivity contribution in [3.8, 4) is 0 Å². The molecule has 0 aromatic heterocycles. The Morgan fingerprint density at radius 2 is 0.191 bits per heavy atom. The molecule has 0 aromatic carbocycles. The summed E-state index contributed by atoms with van der Waals surface area (Å²) >= 11 is 0. The molecule has 31 heteroatoms. The van der Waals surface area contributed by atoms with Crippen LogP contribution in [0.15, 0.2) is 0 Å². The van der Waals surface area contributed by atoms with Crippen LogP contribution in [0.5, 0.6) is 0 Å². The van der Waals surface area contributed by atoms with Crippen LogP contribution < -0.4 is 29.4 Å². The van der Waals surface area contributed by atoms with Crippen molar-refractivity contribution in [1.29, 1.82) is 0 Å². The Morgan fingerprint density at radius 1 is 0.130 bits per heavy atom. The normalized spacial score (nSPS) is 11.8. The smallest absolute Gasteiger partial charge is 0.267 e. The Bertz CT molecular complexity index is 1660. The molecule has 0 heterocycles. The summed E-state index contributed by atoms with van der Waals surface area (Å²) in [5.41, 5.74) is 0. The zero-order chi connectivity index (χ0) is 86.4. The Kier molecular flexibility index (Phi) is 115. The Hall–Kier alpha value is 1.35. The first-order chi connectivity index (χ1) is 54.7. The van der Waals surface area contributed by atoms with Gasteiger partial charge in [-0.1, -0.05) is 391 Å². The summed E-state index contributed by atoms with van der Waals surface area (Å²) in [4.78, 5) is 68.3. The van der Waals surface area contributed by atoms with E-state index >= 15 is 0 Å². The third kappa shape index (κ3) is 124. The van der Waals surface area contributed by atoms with E-state index in [9.17, 15) is 56.8 Å². The molecule has 702 valence electrons. The van der Waals surface area contributed by atoms with E-state index in [2.05, 4.69) is 83.1 Å². The summed E-state index contributed by atoms with van der Waals surface area (Å²) in [6, 6.07) is 0. The summed E-state index contributed by atoms with van der Waals surface area (Å²) < 4.78 is 126. The molecule has 0 saturated carbocycles. The second-order valence-corrected chi connectivity index (χ2v) is 38.1. The molecule has 115 heavy (non-hydrogen) atoms. The minimum Gasteiger partial charge on any atom is -0.756 e. The maximum atomic E-state index is 11.4. The predicted octanol–water partition coefficient (Wildman–Crippen LogP) is 26.6. The number of unbranched alkanes of at least 4 members (excludes halogenated alkanes) is 48. The molecule has 0 atom stereocenters. The Balaban J connectivity index is -0.000000243. The molecule has 0 rings (SSSR count). The van der Waals surface area contributed by atoms with Gasteiger partial charge in [-0.15, -0.1) is 0 Å². The predicted molar refractivity (Wildman–Crippen MR) is 462 cm³/mol. The minimum absolute atomic E-state index is 0. The van der Waals surface area contributed by atoms with Gasteiger partial charge in [0, 0.05) is 21.1 Å². The average Bonchev–Trinajstić information content (AvgIpc) is 0.980. The first-order valence-corrected chi connectivity index (χ1v) is 55.1. The topological polar surface area (TPSA) is 352 Å². The van der Waals surface area contributed by atoms with Gasteiger partial charge in [0.1, 0.15) is 0 Å². The van der Waals surface area contributed by atoms with Gasteiger partial charge in [-0.05, 0) is 77.0 Å². The van der Waals surface area contributed by atoms with Gasteiger partial charge in [-0.25, -0.2) is 0 Å². The fourth-order valence-corrected chi connectivity index (χ4v) is 15.5. The van der Waals surface area contributed by atoms with Crippen LogP contribution in [-0.2, 0) is 103 Å². The Labute approximate surface area is 722 Å². The summed E-state index contributed by atoms with van der Waals surface area (Å²) in [5, 5.41) is 0. The van der Waals surface area contributed by atoms with Crippen LogP contribution in [0.1, 0.15) is 468 Å². The van der Waals surface area contributed by atoms with E-state index in [-0.39, 0.29) is 100 Å². The van der Waals surface area contributed by atoms with Crippen LogP contribution in [0.25, 0.3) is 0 Å². The summed E-state index contributed by atoms with van der Waals surface area (Å²) in [6.07, 6.45) is 63.9. The van der Waals surface area contributed by atoms with Gasteiger partial charge in [-0.2, -0.15) is 0 Å². The summed E-state index contributed by atoms with van der Waals surface area (Å²) in [7, 11) is -24.3. The van der Waals surface area contributed by atoms with Gasteiger partial charge in [0.25, 0.3) is 46.9 Å². The maximum absolute atomic E-state index is 11.4. The van der Waals surface area contributed by atoms with Gasteiger partial charge >= 0.3 is 0 Å². The van der Waals surface area contributed by atoms with Crippen molar-refractivity contribution >= 4 is 46.9 Å². The van der Waals surface area contributed by atoms with Gasteiger partial charge in [0.15, 0.2) is 0 Å². The molecule has 0 N–H and O–H groups in total. The van der Waals surface area contributed by atoms with Crippen LogP contribution in [0.4, 0.5) is 0 Å². The van der Waals surface area contributed by atoms with Crippen LogP contribution in [0.2, 0.25) is 0 Å². The quantitative estimate of drug-likeness (QED) is 0.0310. The molecule has 0 aliphatic carbocycles. The van der Waals surface area contributed by atoms with Crippen molar-refractivity contribution in [3.63, 3.8) is 0 Å². The third-order valence-electron chi connectivity index (χ3n) is 18.0. The van der Waals surface area contributed by atoms with Crippen molar-refractivity contribution in [2.24, 2.45) is 0 Å². The summed E-state index contributed by atoms with van der Waals surface area (Å²) in [5.74, 6) is 0. The summed E-state index contributed by atoms with van der Waals surface area (Å²) in [6.45, 7) is 28.8. The van der Waals surface area contributed by atoms with Crippen molar-refractivity contribution in [3.05, 3.63) is 0 Å². The SMILES string of the molecule is CCCCCCCOP(=O)([O-])OCCCCCCC.CCCCCCCOP(=O)([O-])OCCCCCCC.CCCCCCCOP(=O)([O-])OCCCCCCC.CCCCCCCOP(=O)([O-])OCCCCCCC.CCCCCCCOP(=O)([O-])OCCCCCCC.CCCCCCCOP(=O)([O-])OCCCCCCC.[Mo]. The minimum atomic E-state index is -4.05. The largest absolute Gasteiger partial charge is 0.756 e. The van der Waals surface area contributed by atoms with Crippen molar-refractivity contribution in [2.45, 2.75) is 468 Å². The van der Waals surface area contributed by atoms with E-state index in [1.807, 2.05) is 0 Å². The fourth-order valence-electron chi connectivity index (χ4n) is 10.8. The monoisotopic (exact) mass is 1860 g/mol. The molecule has 0 fully saturated rings. The molecular weight excluding hydrogens is 1670 g/mol. The van der Waals surface area contributed by atoms with E-state index in [4.69, 9.17) is 54.3 Å². The Morgan fingerprint density at radius 3 is 0.252 bits per heavy atom. The molecule has 0 aromatic rings. The van der Waals surface area contributed by atoms with Crippen LogP contribution in [-0.4, -0.2) is 79.3 Å². The second kappa shape index (κ2) is 102. The van der Waals surface area contributed by atoms with Crippen LogP contribution in [0, 0.1) is 0 Å². The van der Waals surface area contributed by atoms with Crippen LogP contribution in [0.3, 0.4) is 0 Å². The van der Waals surface area contributed by atoms with Crippen molar-refractivity contribution in [2.75, 3.05) is 79.3 Å². The van der Waals surface area contributed by atoms with E-state index in [0.29, 0.717) is 0 Å². The average molecular weight is 1860 g/mol. The maximum Gasteiger partial charge on any atom is 0.267 e. The van der Waals surface area contributed by atoms with Crippen LogP contribution >= 0.6 is 46.9 Å². The molecule has 0 spiro atoms. The molecule has 0 saturated heterocycles. The van der Waals surface area contributed by atoms with Gasteiger partial charge in [-0.3, -0.25) is 27.4 Å². The molecule has 0 unspecified atom stereocenters. The molecule has 0 aliphatic heterocycles. The van der Waals surface area contributed by atoms with Gasteiger partial charge in [0.2, 0.25) is 0 Å². The molecule has 0 radical (unpaired) electrons. The first kappa shape index (κ1) is 129. The standard InChI is InChI=1S/6C14H31O4P.Mo/c6*1-3-5-7-9-11-13-17-19(15,16)18-14-12-10-8-6-4-2;/h6*3-14H2,1-2H3,(H,15,16);/p-6. The second-order valence-electron chi connectivity index (χ2n) is 29.7. The zero-order valence-electron chi connectivity index (χ0n) is 75.8. The van der Waals surface area contributed by atoms with E-state index in [1.54, 1.807) is 0 Å². The number of rotatable bonds is 84. The van der Waals surface area contributed by atoms with Crippen molar-refractivity contribution < 1.29 is 132 Å². The molecule has 0 aliphatic rings. The zero-order valence-corrected chi connectivity index (χ0v) is 83.2.